The zero-order valence-electron chi connectivity index (χ0n) is 8.22. The Bertz CT molecular complexity index is 118. The van der Waals surface area contributed by atoms with Crippen molar-refractivity contribution in [1.29, 1.82) is 0 Å². The van der Waals surface area contributed by atoms with Crippen LogP contribution in [-0.4, -0.2) is 12.1 Å². The zero-order chi connectivity index (χ0) is 8.43. The second-order valence-corrected chi connectivity index (χ2v) is 4.41. The van der Waals surface area contributed by atoms with Crippen LogP contribution in [0.3, 0.4) is 0 Å². The van der Waals surface area contributed by atoms with Gasteiger partial charge in [-0.3, -0.25) is 0 Å². The van der Waals surface area contributed by atoms with Gasteiger partial charge in [0.25, 0.3) is 0 Å². The van der Waals surface area contributed by atoms with Crippen molar-refractivity contribution in [2.45, 2.75) is 52.6 Å². The molecule has 0 radical (unpaired) electrons. The van der Waals surface area contributed by atoms with Crippen molar-refractivity contribution >= 4 is 0 Å². The third kappa shape index (κ3) is 2.19. The van der Waals surface area contributed by atoms with Gasteiger partial charge >= 0.3 is 0 Å². The first-order valence-electron chi connectivity index (χ1n) is 4.87. The molecule has 0 amide bonds. The predicted octanol–water partition coefficient (Wildman–Crippen LogP) is 2.42. The molecule has 1 aliphatic carbocycles. The zero-order valence-corrected chi connectivity index (χ0v) is 8.22. The first-order chi connectivity index (χ1) is 5.11. The van der Waals surface area contributed by atoms with E-state index in [2.05, 4.69) is 33.0 Å². The molecule has 1 heteroatoms. The van der Waals surface area contributed by atoms with E-state index in [0.29, 0.717) is 6.04 Å². The highest BCUT2D eigenvalue weighted by molar-refractivity contribution is 4.89. The SMILES string of the molecule is CC(C)N[C@@H]1CC[C@@H]1C(C)C. The summed E-state index contributed by atoms with van der Waals surface area (Å²) in [5.41, 5.74) is 0. The minimum Gasteiger partial charge on any atom is -0.311 e. The van der Waals surface area contributed by atoms with Crippen molar-refractivity contribution in [3.05, 3.63) is 0 Å². The summed E-state index contributed by atoms with van der Waals surface area (Å²) < 4.78 is 0. The molecule has 1 fully saturated rings. The lowest BCUT2D eigenvalue weighted by Crippen LogP contribution is -2.48. The number of hydrogen-bond acceptors (Lipinski definition) is 1. The monoisotopic (exact) mass is 155 g/mol. The van der Waals surface area contributed by atoms with Gasteiger partial charge in [-0.1, -0.05) is 27.7 Å². The molecule has 0 aromatic heterocycles. The second kappa shape index (κ2) is 3.57. The lowest BCUT2D eigenvalue weighted by atomic mass is 9.72. The predicted molar refractivity (Wildman–Crippen MR) is 49.6 cm³/mol. The molecule has 1 saturated carbocycles. The third-order valence-corrected chi connectivity index (χ3v) is 2.73. The topological polar surface area (TPSA) is 12.0 Å². The molecule has 0 bridgehead atoms. The smallest absolute Gasteiger partial charge is 0.0100 e. The quantitative estimate of drug-likeness (QED) is 0.660. The van der Waals surface area contributed by atoms with E-state index < -0.39 is 0 Å². The van der Waals surface area contributed by atoms with Crippen molar-refractivity contribution in [2.75, 3.05) is 0 Å². The van der Waals surface area contributed by atoms with Gasteiger partial charge in [0.05, 0.1) is 0 Å². The highest BCUT2D eigenvalue weighted by Crippen LogP contribution is 2.33. The van der Waals surface area contributed by atoms with Crippen molar-refractivity contribution in [1.82, 2.24) is 5.32 Å². The van der Waals surface area contributed by atoms with Gasteiger partial charge in [-0.15, -0.1) is 0 Å². The van der Waals surface area contributed by atoms with E-state index in [1.165, 1.54) is 12.8 Å². The Labute approximate surface area is 70.6 Å². The molecule has 0 aromatic rings. The van der Waals surface area contributed by atoms with E-state index in [-0.39, 0.29) is 0 Å². The van der Waals surface area contributed by atoms with Gasteiger partial charge < -0.3 is 5.32 Å². The molecule has 0 heterocycles. The van der Waals surface area contributed by atoms with Crippen LogP contribution in [0.4, 0.5) is 0 Å². The highest BCUT2D eigenvalue weighted by atomic mass is 15.0. The maximum absolute atomic E-state index is 3.61. The molecule has 1 N–H and O–H groups in total. The maximum Gasteiger partial charge on any atom is 0.0100 e. The first-order valence-corrected chi connectivity index (χ1v) is 4.87. The molecular weight excluding hydrogens is 134 g/mol. The molecule has 11 heavy (non-hydrogen) atoms. The highest BCUT2D eigenvalue weighted by Gasteiger charge is 2.32. The van der Waals surface area contributed by atoms with Gasteiger partial charge in [-0.2, -0.15) is 0 Å². The van der Waals surface area contributed by atoms with Gasteiger partial charge in [0.2, 0.25) is 0 Å². The standard InChI is InChI=1S/C10H21N/c1-7(2)9-5-6-10(9)11-8(3)4/h7-11H,5-6H2,1-4H3/t9-,10-/m1/s1. The van der Waals surface area contributed by atoms with Crippen LogP contribution in [-0.2, 0) is 0 Å². The Kier molecular flexibility index (Phi) is 2.94. The van der Waals surface area contributed by atoms with E-state index in [0.717, 1.165) is 17.9 Å². The molecule has 0 spiro atoms. The Hall–Kier alpha value is -0.0400. The van der Waals surface area contributed by atoms with E-state index in [1.54, 1.807) is 0 Å². The minimum atomic E-state index is 0.654. The average molecular weight is 155 g/mol. The van der Waals surface area contributed by atoms with Crippen LogP contribution in [0, 0.1) is 11.8 Å². The summed E-state index contributed by atoms with van der Waals surface area (Å²) in [5.74, 6) is 1.80. The fourth-order valence-electron chi connectivity index (χ4n) is 1.96. The molecule has 1 nitrogen and oxygen atoms in total. The molecule has 2 atom stereocenters. The van der Waals surface area contributed by atoms with Crippen LogP contribution in [0.15, 0.2) is 0 Å². The van der Waals surface area contributed by atoms with Crippen molar-refractivity contribution < 1.29 is 0 Å². The van der Waals surface area contributed by atoms with E-state index >= 15 is 0 Å². The Morgan fingerprint density at radius 2 is 1.73 bits per heavy atom. The van der Waals surface area contributed by atoms with E-state index in [1.807, 2.05) is 0 Å². The van der Waals surface area contributed by atoms with E-state index in [4.69, 9.17) is 0 Å². The lowest BCUT2D eigenvalue weighted by Gasteiger charge is -2.41. The average Bonchev–Trinajstić information content (AvgIpc) is 1.78. The summed E-state index contributed by atoms with van der Waals surface area (Å²) in [6.45, 7) is 9.13. The summed E-state index contributed by atoms with van der Waals surface area (Å²) in [7, 11) is 0. The van der Waals surface area contributed by atoms with Crippen molar-refractivity contribution in [3.63, 3.8) is 0 Å². The minimum absolute atomic E-state index is 0.654. The van der Waals surface area contributed by atoms with Crippen LogP contribution in [0.1, 0.15) is 40.5 Å². The molecular formula is C10H21N. The fourth-order valence-corrected chi connectivity index (χ4v) is 1.96. The molecule has 0 saturated heterocycles. The van der Waals surface area contributed by atoms with Crippen molar-refractivity contribution in [2.24, 2.45) is 11.8 Å². The van der Waals surface area contributed by atoms with Crippen LogP contribution in [0.2, 0.25) is 0 Å². The normalized spacial score (nSPS) is 31.1. The summed E-state index contributed by atoms with van der Waals surface area (Å²) in [5, 5.41) is 3.61. The fraction of sp³-hybridized carbons (Fsp3) is 1.00. The third-order valence-electron chi connectivity index (χ3n) is 2.73. The first kappa shape index (κ1) is 9.05. The maximum atomic E-state index is 3.61. The Balaban J connectivity index is 2.26. The van der Waals surface area contributed by atoms with Crippen LogP contribution in [0.5, 0.6) is 0 Å². The van der Waals surface area contributed by atoms with E-state index in [9.17, 15) is 0 Å². The number of hydrogen-bond donors (Lipinski definition) is 1. The van der Waals surface area contributed by atoms with Crippen LogP contribution in [0.25, 0.3) is 0 Å². The molecule has 0 aromatic carbocycles. The largest absolute Gasteiger partial charge is 0.311 e. The summed E-state index contributed by atoms with van der Waals surface area (Å²) in [6, 6.07) is 1.47. The lowest BCUT2D eigenvalue weighted by molar-refractivity contribution is 0.146. The Morgan fingerprint density at radius 3 is 2.00 bits per heavy atom. The second-order valence-electron chi connectivity index (χ2n) is 4.41. The van der Waals surface area contributed by atoms with Crippen LogP contribution >= 0.6 is 0 Å². The number of nitrogens with one attached hydrogen (secondary N) is 1. The summed E-state index contributed by atoms with van der Waals surface area (Å²) in [4.78, 5) is 0. The van der Waals surface area contributed by atoms with Gasteiger partial charge in [0.1, 0.15) is 0 Å². The van der Waals surface area contributed by atoms with Gasteiger partial charge in [0, 0.05) is 12.1 Å². The van der Waals surface area contributed by atoms with Gasteiger partial charge in [0.15, 0.2) is 0 Å². The van der Waals surface area contributed by atoms with Gasteiger partial charge in [-0.25, -0.2) is 0 Å². The van der Waals surface area contributed by atoms with Crippen LogP contribution < -0.4 is 5.32 Å². The van der Waals surface area contributed by atoms with Gasteiger partial charge in [-0.05, 0) is 24.7 Å². The molecule has 0 unspecified atom stereocenters. The molecule has 66 valence electrons. The summed E-state index contributed by atoms with van der Waals surface area (Å²) in [6.07, 6.45) is 2.82. The molecule has 1 aliphatic rings. The molecule has 0 aliphatic heterocycles. The number of rotatable bonds is 3. The Morgan fingerprint density at radius 1 is 1.09 bits per heavy atom. The summed E-state index contributed by atoms with van der Waals surface area (Å²) >= 11 is 0. The van der Waals surface area contributed by atoms with Crippen molar-refractivity contribution in [3.8, 4) is 0 Å². The molecule has 1 rings (SSSR count).